The number of piperidine rings is 1. The molecule has 1 N–H and O–H groups in total. The molecule has 0 amide bonds. The fourth-order valence-corrected chi connectivity index (χ4v) is 2.13. The number of halogens is 4. The molecule has 1 aliphatic heterocycles. The van der Waals surface area contributed by atoms with Crippen molar-refractivity contribution in [2.45, 2.75) is 25.4 Å². The Kier molecular flexibility index (Phi) is 5.41. The summed E-state index contributed by atoms with van der Waals surface area (Å²) in [7, 11) is 0. The van der Waals surface area contributed by atoms with Gasteiger partial charge in [0.05, 0.1) is 0 Å². The molecule has 1 saturated heterocycles. The zero-order valence-electron chi connectivity index (χ0n) is 9.83. The number of hydrogen-bond acceptors (Lipinski definition) is 2. The van der Waals surface area contributed by atoms with Crippen LogP contribution in [-0.4, -0.2) is 18.1 Å². The van der Waals surface area contributed by atoms with Crippen LogP contribution >= 0.6 is 12.4 Å². The van der Waals surface area contributed by atoms with Crippen LogP contribution in [0.1, 0.15) is 24.1 Å². The molecule has 2 rings (SSSR count). The lowest BCUT2D eigenvalue weighted by Gasteiger charge is -2.22. The molecule has 0 atom stereocenters. The lowest BCUT2D eigenvalue weighted by Crippen LogP contribution is -2.28. The minimum atomic E-state index is -4.34. The van der Waals surface area contributed by atoms with Gasteiger partial charge in [-0.15, -0.1) is 12.4 Å². The lowest BCUT2D eigenvalue weighted by molar-refractivity contribution is -0.141. The van der Waals surface area contributed by atoms with Gasteiger partial charge in [0.1, 0.15) is 5.69 Å². The second-order valence-electron chi connectivity index (χ2n) is 4.45. The average molecular weight is 281 g/mol. The lowest BCUT2D eigenvalue weighted by atomic mass is 9.91. The summed E-state index contributed by atoms with van der Waals surface area (Å²) in [6.07, 6.45) is 0.00695. The number of alkyl halides is 3. The second-order valence-corrected chi connectivity index (χ2v) is 4.45. The first kappa shape index (κ1) is 15.2. The number of aromatic nitrogens is 1. The molecule has 1 aromatic heterocycles. The zero-order valence-corrected chi connectivity index (χ0v) is 10.7. The van der Waals surface area contributed by atoms with Crippen LogP contribution < -0.4 is 5.32 Å². The van der Waals surface area contributed by atoms with Crippen LogP contribution in [0.3, 0.4) is 0 Å². The van der Waals surface area contributed by atoms with Crippen LogP contribution in [0.4, 0.5) is 13.2 Å². The SMILES string of the molecule is Cl.FC(F)(F)c1ccc(CC2CCNCC2)cn1. The van der Waals surface area contributed by atoms with E-state index in [1.165, 1.54) is 12.3 Å². The molecule has 0 bridgehead atoms. The van der Waals surface area contributed by atoms with E-state index in [1.807, 2.05) is 0 Å². The first-order valence-electron chi connectivity index (χ1n) is 5.78. The van der Waals surface area contributed by atoms with Gasteiger partial charge in [-0.1, -0.05) is 6.07 Å². The summed E-state index contributed by atoms with van der Waals surface area (Å²) < 4.78 is 36.9. The van der Waals surface area contributed by atoms with Gasteiger partial charge < -0.3 is 5.32 Å². The summed E-state index contributed by atoms with van der Waals surface area (Å²) in [5.41, 5.74) is 0.0801. The molecule has 0 saturated carbocycles. The van der Waals surface area contributed by atoms with Crippen LogP contribution in [0, 0.1) is 5.92 Å². The third kappa shape index (κ3) is 4.14. The molecule has 18 heavy (non-hydrogen) atoms. The van der Waals surface area contributed by atoms with E-state index in [9.17, 15) is 13.2 Å². The summed E-state index contributed by atoms with van der Waals surface area (Å²) in [6, 6.07) is 2.61. The van der Waals surface area contributed by atoms with E-state index < -0.39 is 11.9 Å². The van der Waals surface area contributed by atoms with E-state index in [-0.39, 0.29) is 12.4 Å². The van der Waals surface area contributed by atoms with E-state index in [0.717, 1.165) is 44.0 Å². The van der Waals surface area contributed by atoms with E-state index >= 15 is 0 Å². The highest BCUT2D eigenvalue weighted by molar-refractivity contribution is 5.85. The smallest absolute Gasteiger partial charge is 0.317 e. The second kappa shape index (κ2) is 6.38. The van der Waals surface area contributed by atoms with Gasteiger partial charge in [0, 0.05) is 6.20 Å². The largest absolute Gasteiger partial charge is 0.433 e. The summed E-state index contributed by atoms with van der Waals surface area (Å²) in [5.74, 6) is 0.565. The van der Waals surface area contributed by atoms with Crippen LogP contribution in [0.5, 0.6) is 0 Å². The molecule has 6 heteroatoms. The monoisotopic (exact) mass is 280 g/mol. The van der Waals surface area contributed by atoms with Gasteiger partial charge in [-0.2, -0.15) is 13.2 Å². The van der Waals surface area contributed by atoms with Crippen LogP contribution in [0.25, 0.3) is 0 Å². The highest BCUT2D eigenvalue weighted by atomic mass is 35.5. The van der Waals surface area contributed by atoms with Gasteiger partial charge in [0.15, 0.2) is 0 Å². The first-order valence-corrected chi connectivity index (χ1v) is 5.78. The van der Waals surface area contributed by atoms with Crippen molar-refractivity contribution >= 4 is 12.4 Å². The van der Waals surface area contributed by atoms with Crippen molar-refractivity contribution in [2.24, 2.45) is 5.92 Å². The standard InChI is InChI=1S/C12H15F3N2.ClH/c13-12(14,15)11-2-1-10(8-17-11)7-9-3-5-16-6-4-9;/h1-2,8-9,16H,3-7H2;1H. The fourth-order valence-electron chi connectivity index (χ4n) is 2.13. The highest BCUT2D eigenvalue weighted by Crippen LogP contribution is 2.27. The van der Waals surface area contributed by atoms with Crippen molar-refractivity contribution in [3.63, 3.8) is 0 Å². The maximum Gasteiger partial charge on any atom is 0.433 e. The van der Waals surface area contributed by atoms with Gasteiger partial charge in [0.25, 0.3) is 0 Å². The van der Waals surface area contributed by atoms with E-state index in [0.29, 0.717) is 5.92 Å². The van der Waals surface area contributed by atoms with Gasteiger partial charge in [0.2, 0.25) is 0 Å². The number of rotatable bonds is 2. The van der Waals surface area contributed by atoms with Crippen LogP contribution in [0.15, 0.2) is 18.3 Å². The molecular weight excluding hydrogens is 265 g/mol. The quantitative estimate of drug-likeness (QED) is 0.901. The molecule has 1 aromatic rings. The van der Waals surface area contributed by atoms with Crippen molar-refractivity contribution < 1.29 is 13.2 Å². The Balaban J connectivity index is 0.00000162. The van der Waals surface area contributed by atoms with Crippen LogP contribution in [-0.2, 0) is 12.6 Å². The molecule has 0 aromatic carbocycles. The molecule has 0 aliphatic carbocycles. The van der Waals surface area contributed by atoms with Crippen molar-refractivity contribution in [1.82, 2.24) is 10.3 Å². The zero-order chi connectivity index (χ0) is 12.3. The minimum absolute atomic E-state index is 0. The van der Waals surface area contributed by atoms with Crippen molar-refractivity contribution in [3.05, 3.63) is 29.6 Å². The fraction of sp³-hybridized carbons (Fsp3) is 0.583. The summed E-state index contributed by atoms with van der Waals surface area (Å²) in [5, 5.41) is 3.27. The van der Waals surface area contributed by atoms with Gasteiger partial charge in [-0.25, -0.2) is 0 Å². The van der Waals surface area contributed by atoms with E-state index in [2.05, 4.69) is 10.3 Å². The Morgan fingerprint density at radius 3 is 2.39 bits per heavy atom. The molecule has 2 heterocycles. The third-order valence-corrected chi connectivity index (χ3v) is 3.10. The van der Waals surface area contributed by atoms with Crippen molar-refractivity contribution in [2.75, 3.05) is 13.1 Å². The van der Waals surface area contributed by atoms with E-state index in [4.69, 9.17) is 0 Å². The minimum Gasteiger partial charge on any atom is -0.317 e. The molecule has 0 spiro atoms. The molecule has 0 radical (unpaired) electrons. The normalized spacial score (nSPS) is 17.3. The Bertz CT molecular complexity index is 359. The number of hydrogen-bond donors (Lipinski definition) is 1. The summed E-state index contributed by atoms with van der Waals surface area (Å²) >= 11 is 0. The summed E-state index contributed by atoms with van der Waals surface area (Å²) in [6.45, 7) is 2.00. The molecule has 102 valence electrons. The molecule has 2 nitrogen and oxygen atoms in total. The Labute approximate surface area is 110 Å². The maximum absolute atomic E-state index is 12.3. The van der Waals surface area contributed by atoms with Gasteiger partial charge in [-0.3, -0.25) is 4.98 Å². The summed E-state index contributed by atoms with van der Waals surface area (Å²) in [4.78, 5) is 3.47. The predicted molar refractivity (Wildman–Crippen MR) is 65.8 cm³/mol. The topological polar surface area (TPSA) is 24.9 Å². The van der Waals surface area contributed by atoms with Gasteiger partial charge in [-0.05, 0) is 49.9 Å². The maximum atomic E-state index is 12.3. The molecule has 0 unspecified atom stereocenters. The van der Waals surface area contributed by atoms with Crippen LogP contribution in [0.2, 0.25) is 0 Å². The van der Waals surface area contributed by atoms with Gasteiger partial charge >= 0.3 is 6.18 Å². The first-order chi connectivity index (χ1) is 8.05. The third-order valence-electron chi connectivity index (χ3n) is 3.10. The molecule has 1 fully saturated rings. The Hall–Kier alpha value is -0.810. The Morgan fingerprint density at radius 1 is 1.22 bits per heavy atom. The highest BCUT2D eigenvalue weighted by Gasteiger charge is 2.32. The average Bonchev–Trinajstić information content (AvgIpc) is 2.30. The van der Waals surface area contributed by atoms with E-state index in [1.54, 1.807) is 0 Å². The molecular formula is C12H16ClF3N2. The number of nitrogens with one attached hydrogen (secondary N) is 1. The number of pyridine rings is 1. The molecule has 1 aliphatic rings. The number of nitrogens with zero attached hydrogens (tertiary/aromatic N) is 1. The van der Waals surface area contributed by atoms with Crippen molar-refractivity contribution in [3.8, 4) is 0 Å². The predicted octanol–water partition coefficient (Wildman–Crippen LogP) is 3.06. The Morgan fingerprint density at radius 2 is 1.89 bits per heavy atom. The van der Waals surface area contributed by atoms with Crippen molar-refractivity contribution in [1.29, 1.82) is 0 Å².